The molecule has 3 aliphatic heterocycles. The number of morpholine rings is 1. The minimum atomic E-state index is 0.102. The molecule has 6 rings (SSSR count). The summed E-state index contributed by atoms with van der Waals surface area (Å²) in [4.78, 5) is 25.2. The SMILES string of the molecule is Cc1c[nH]c2ncc(-c3cc4c(c([C@@H]5CCCN5)c3)CN(C(=O)N3CCO[C@@H](C)C3)CC4)cc12. The van der Waals surface area contributed by atoms with Crippen LogP contribution in [0.4, 0.5) is 4.79 Å². The zero-order valence-corrected chi connectivity index (χ0v) is 20.1. The normalized spacial score (nSPS) is 22.9. The number of nitrogens with zero attached hydrogens (tertiary/aromatic N) is 3. The Morgan fingerprint density at radius 1 is 1.18 bits per heavy atom. The van der Waals surface area contributed by atoms with Crippen molar-refractivity contribution < 1.29 is 9.53 Å². The Balaban J connectivity index is 1.35. The predicted octanol–water partition coefficient (Wildman–Crippen LogP) is 4.16. The van der Waals surface area contributed by atoms with E-state index in [2.05, 4.69) is 40.4 Å². The Labute approximate surface area is 200 Å². The van der Waals surface area contributed by atoms with E-state index in [0.29, 0.717) is 32.3 Å². The molecule has 0 saturated carbocycles. The average Bonchev–Trinajstić information content (AvgIpc) is 3.53. The lowest BCUT2D eigenvalue weighted by molar-refractivity contribution is -0.00975. The highest BCUT2D eigenvalue weighted by Crippen LogP contribution is 2.36. The highest BCUT2D eigenvalue weighted by atomic mass is 16.5. The second kappa shape index (κ2) is 8.71. The average molecular weight is 460 g/mol. The van der Waals surface area contributed by atoms with Crippen LogP contribution in [0.1, 0.15) is 48.1 Å². The second-order valence-electron chi connectivity index (χ2n) is 10.0. The molecule has 0 spiro atoms. The van der Waals surface area contributed by atoms with Crippen molar-refractivity contribution in [2.45, 2.75) is 51.8 Å². The van der Waals surface area contributed by atoms with E-state index in [1.807, 2.05) is 29.1 Å². The fourth-order valence-electron chi connectivity index (χ4n) is 5.77. The van der Waals surface area contributed by atoms with Gasteiger partial charge < -0.3 is 24.8 Å². The molecule has 2 saturated heterocycles. The summed E-state index contributed by atoms with van der Waals surface area (Å²) in [5.41, 5.74) is 8.57. The van der Waals surface area contributed by atoms with Gasteiger partial charge >= 0.3 is 6.03 Å². The standard InChI is InChI=1S/C27H33N5O2/c1-17-13-29-26-22(17)12-21(14-30-26)20-10-19-5-7-31(27(33)32-8-9-34-18(2)15-32)16-24(19)23(11-20)25-4-3-6-28-25/h10-14,18,25,28H,3-9,15-16H2,1-2H3,(H,29,30)/t18-,25-/m0/s1. The molecular formula is C27H33N5O2. The smallest absolute Gasteiger partial charge is 0.320 e. The Bertz CT molecular complexity index is 1230. The monoisotopic (exact) mass is 459 g/mol. The first-order chi connectivity index (χ1) is 16.6. The highest BCUT2D eigenvalue weighted by molar-refractivity contribution is 5.84. The highest BCUT2D eigenvalue weighted by Gasteiger charge is 2.31. The molecule has 3 aromatic rings. The van der Waals surface area contributed by atoms with Crippen LogP contribution >= 0.6 is 0 Å². The van der Waals surface area contributed by atoms with Crippen molar-refractivity contribution in [2.75, 3.05) is 32.8 Å². The van der Waals surface area contributed by atoms with Gasteiger partial charge in [0.2, 0.25) is 0 Å². The first kappa shape index (κ1) is 21.6. The number of H-pyrrole nitrogens is 1. The number of aryl methyl sites for hydroxylation is 1. The lowest BCUT2D eigenvalue weighted by Crippen LogP contribution is -2.51. The van der Waals surface area contributed by atoms with Crippen molar-refractivity contribution in [3.8, 4) is 11.1 Å². The number of nitrogens with one attached hydrogen (secondary N) is 2. The summed E-state index contributed by atoms with van der Waals surface area (Å²) in [5, 5.41) is 4.87. The van der Waals surface area contributed by atoms with Crippen molar-refractivity contribution in [3.05, 3.63) is 52.8 Å². The molecule has 0 unspecified atom stereocenters. The summed E-state index contributed by atoms with van der Waals surface area (Å²) < 4.78 is 5.64. The van der Waals surface area contributed by atoms with Crippen molar-refractivity contribution in [1.82, 2.24) is 25.1 Å². The third-order valence-corrected chi connectivity index (χ3v) is 7.67. The van der Waals surface area contributed by atoms with Crippen LogP contribution in [0.15, 0.2) is 30.6 Å². The number of hydrogen-bond acceptors (Lipinski definition) is 4. The molecule has 34 heavy (non-hydrogen) atoms. The third-order valence-electron chi connectivity index (χ3n) is 7.67. The largest absolute Gasteiger partial charge is 0.375 e. The molecule has 178 valence electrons. The van der Waals surface area contributed by atoms with Crippen LogP contribution in [0.2, 0.25) is 0 Å². The predicted molar refractivity (Wildman–Crippen MR) is 133 cm³/mol. The van der Waals surface area contributed by atoms with Crippen LogP contribution in [0, 0.1) is 6.92 Å². The summed E-state index contributed by atoms with van der Waals surface area (Å²) in [6, 6.07) is 7.42. The zero-order chi connectivity index (χ0) is 23.2. The third kappa shape index (κ3) is 3.87. The maximum Gasteiger partial charge on any atom is 0.320 e. The minimum Gasteiger partial charge on any atom is -0.375 e. The number of amides is 2. The van der Waals surface area contributed by atoms with E-state index >= 15 is 0 Å². The van der Waals surface area contributed by atoms with E-state index < -0.39 is 0 Å². The van der Waals surface area contributed by atoms with Crippen molar-refractivity contribution in [2.24, 2.45) is 0 Å². The van der Waals surface area contributed by atoms with Gasteiger partial charge in [0.05, 0.1) is 12.7 Å². The number of rotatable bonds is 2. The maximum atomic E-state index is 13.3. The van der Waals surface area contributed by atoms with Crippen LogP contribution in [-0.2, 0) is 17.7 Å². The van der Waals surface area contributed by atoms with Gasteiger partial charge in [-0.1, -0.05) is 6.07 Å². The summed E-state index contributed by atoms with van der Waals surface area (Å²) >= 11 is 0. The van der Waals surface area contributed by atoms with E-state index in [1.54, 1.807) is 0 Å². The fourth-order valence-corrected chi connectivity index (χ4v) is 5.77. The minimum absolute atomic E-state index is 0.102. The van der Waals surface area contributed by atoms with E-state index in [1.165, 1.54) is 39.6 Å². The number of benzene rings is 1. The Morgan fingerprint density at radius 3 is 2.91 bits per heavy atom. The van der Waals surface area contributed by atoms with E-state index in [4.69, 9.17) is 4.74 Å². The molecule has 7 nitrogen and oxygen atoms in total. The zero-order valence-electron chi connectivity index (χ0n) is 20.1. The molecule has 7 heteroatoms. The van der Waals surface area contributed by atoms with Gasteiger partial charge in [-0.25, -0.2) is 9.78 Å². The van der Waals surface area contributed by atoms with E-state index in [0.717, 1.165) is 37.1 Å². The molecular weight excluding hydrogens is 426 g/mol. The molecule has 0 aliphatic carbocycles. The number of carbonyl (C=O) groups excluding carboxylic acids is 1. The van der Waals surface area contributed by atoms with Gasteiger partial charge in [-0.05, 0) is 79.6 Å². The topological polar surface area (TPSA) is 73.5 Å². The second-order valence-corrected chi connectivity index (χ2v) is 10.0. The molecule has 3 aliphatic rings. The van der Waals surface area contributed by atoms with Crippen molar-refractivity contribution >= 4 is 17.1 Å². The van der Waals surface area contributed by atoms with Gasteiger partial charge in [0, 0.05) is 55.6 Å². The van der Waals surface area contributed by atoms with Crippen LogP contribution in [0.5, 0.6) is 0 Å². The number of urea groups is 1. The van der Waals surface area contributed by atoms with E-state index in [-0.39, 0.29) is 12.1 Å². The first-order valence-corrected chi connectivity index (χ1v) is 12.6. The fraction of sp³-hybridized carbons (Fsp3) is 0.481. The molecule has 2 fully saturated rings. The van der Waals surface area contributed by atoms with Crippen molar-refractivity contribution in [3.63, 3.8) is 0 Å². The quantitative estimate of drug-likeness (QED) is 0.604. The molecule has 2 atom stereocenters. The lowest BCUT2D eigenvalue weighted by atomic mass is 9.87. The van der Waals surface area contributed by atoms with Crippen molar-refractivity contribution in [1.29, 1.82) is 0 Å². The van der Waals surface area contributed by atoms with Gasteiger partial charge in [0.15, 0.2) is 0 Å². The van der Waals surface area contributed by atoms with Crippen LogP contribution in [0.25, 0.3) is 22.2 Å². The number of fused-ring (bicyclic) bond motifs is 2. The van der Waals surface area contributed by atoms with Crippen LogP contribution in [-0.4, -0.2) is 64.7 Å². The first-order valence-electron chi connectivity index (χ1n) is 12.6. The van der Waals surface area contributed by atoms with Gasteiger partial charge in [-0.15, -0.1) is 0 Å². The Hall–Kier alpha value is -2.90. The number of carbonyl (C=O) groups is 1. The van der Waals surface area contributed by atoms with E-state index in [9.17, 15) is 4.79 Å². The number of ether oxygens (including phenoxy) is 1. The van der Waals surface area contributed by atoms with Gasteiger partial charge in [0.1, 0.15) is 5.65 Å². The number of aromatic amines is 1. The molecule has 5 heterocycles. The maximum absolute atomic E-state index is 13.3. The Morgan fingerprint density at radius 2 is 2.09 bits per heavy atom. The molecule has 1 aromatic carbocycles. The summed E-state index contributed by atoms with van der Waals surface area (Å²) in [6.07, 6.45) is 7.30. The van der Waals surface area contributed by atoms with Gasteiger partial charge in [-0.2, -0.15) is 0 Å². The van der Waals surface area contributed by atoms with Crippen LogP contribution in [0.3, 0.4) is 0 Å². The molecule has 2 N–H and O–H groups in total. The summed E-state index contributed by atoms with van der Waals surface area (Å²) in [7, 11) is 0. The molecule has 0 radical (unpaired) electrons. The van der Waals surface area contributed by atoms with Crippen LogP contribution < -0.4 is 5.32 Å². The molecule has 2 aromatic heterocycles. The molecule has 0 bridgehead atoms. The van der Waals surface area contributed by atoms with Gasteiger partial charge in [0.25, 0.3) is 0 Å². The number of pyridine rings is 1. The van der Waals surface area contributed by atoms with Gasteiger partial charge in [-0.3, -0.25) is 0 Å². The molecule has 2 amide bonds. The number of aromatic nitrogens is 2. The summed E-state index contributed by atoms with van der Waals surface area (Å²) in [6.45, 7) is 8.62. The lowest BCUT2D eigenvalue weighted by Gasteiger charge is -2.38. The number of hydrogen-bond donors (Lipinski definition) is 2. The Kier molecular flexibility index (Phi) is 5.54. The summed E-state index contributed by atoms with van der Waals surface area (Å²) in [5.74, 6) is 0.